The first-order valence-corrected chi connectivity index (χ1v) is 6.51. The van der Waals surface area contributed by atoms with Crippen LogP contribution in [0, 0.1) is 5.92 Å². The monoisotopic (exact) mass is 247 g/mol. The van der Waals surface area contributed by atoms with Crippen molar-refractivity contribution in [1.82, 2.24) is 0 Å². The van der Waals surface area contributed by atoms with Gasteiger partial charge in [0.25, 0.3) is 0 Å². The van der Waals surface area contributed by atoms with E-state index in [4.69, 9.17) is 9.47 Å². The molecule has 1 aliphatic heterocycles. The number of ether oxygens (including phenoxy) is 2. The highest BCUT2D eigenvalue weighted by Gasteiger charge is 2.23. The van der Waals surface area contributed by atoms with Gasteiger partial charge in [0.1, 0.15) is 12.2 Å². The summed E-state index contributed by atoms with van der Waals surface area (Å²) in [6, 6.07) is 5.51. The van der Waals surface area contributed by atoms with Crippen LogP contribution in [0.1, 0.15) is 29.6 Å². The summed E-state index contributed by atoms with van der Waals surface area (Å²) in [5.41, 5.74) is 1.40. The highest BCUT2D eigenvalue weighted by molar-refractivity contribution is 5.95. The molecule has 1 aliphatic carbocycles. The third-order valence-electron chi connectivity index (χ3n) is 3.36. The summed E-state index contributed by atoms with van der Waals surface area (Å²) in [6.45, 7) is 1.87. The molecule has 0 radical (unpaired) electrons. The van der Waals surface area contributed by atoms with Gasteiger partial charge >= 0.3 is 5.97 Å². The molecule has 3 rings (SSSR count). The molecule has 1 N–H and O–H groups in total. The molecule has 4 heteroatoms. The zero-order valence-corrected chi connectivity index (χ0v) is 10.3. The van der Waals surface area contributed by atoms with E-state index in [9.17, 15) is 4.79 Å². The molecule has 0 saturated heterocycles. The first-order valence-electron chi connectivity index (χ1n) is 6.51. The van der Waals surface area contributed by atoms with Gasteiger partial charge in [0.15, 0.2) is 5.75 Å². The number of esters is 1. The topological polar surface area (TPSA) is 47.6 Å². The Morgan fingerprint density at radius 1 is 1.44 bits per heavy atom. The van der Waals surface area contributed by atoms with Crippen molar-refractivity contribution in [3.05, 3.63) is 23.8 Å². The predicted molar refractivity (Wildman–Crippen MR) is 68.1 cm³/mol. The van der Waals surface area contributed by atoms with Crippen LogP contribution in [0.15, 0.2) is 18.2 Å². The van der Waals surface area contributed by atoms with Gasteiger partial charge in [0.05, 0.1) is 12.3 Å². The number of hydrogen-bond donors (Lipinski definition) is 1. The van der Waals surface area contributed by atoms with Crippen LogP contribution in [-0.4, -0.2) is 25.7 Å². The summed E-state index contributed by atoms with van der Waals surface area (Å²) in [6.07, 6.45) is 3.55. The average Bonchev–Trinajstić information content (AvgIpc) is 3.22. The molecule has 18 heavy (non-hydrogen) atoms. The van der Waals surface area contributed by atoms with Crippen LogP contribution in [0.3, 0.4) is 0 Å². The lowest BCUT2D eigenvalue weighted by atomic mass is 10.1. The smallest absolute Gasteiger partial charge is 0.342 e. The lowest BCUT2D eigenvalue weighted by Crippen LogP contribution is -2.20. The van der Waals surface area contributed by atoms with Gasteiger partial charge in [-0.25, -0.2) is 4.79 Å². The minimum absolute atomic E-state index is 0.281. The predicted octanol–water partition coefficient (Wildman–Crippen LogP) is 2.45. The summed E-state index contributed by atoms with van der Waals surface area (Å²) in [7, 11) is 0. The summed E-state index contributed by atoms with van der Waals surface area (Å²) >= 11 is 0. The zero-order chi connectivity index (χ0) is 12.4. The molecule has 0 amide bonds. The van der Waals surface area contributed by atoms with Crippen LogP contribution in [0.5, 0.6) is 5.75 Å². The zero-order valence-electron chi connectivity index (χ0n) is 10.3. The molecule has 0 aromatic heterocycles. The Morgan fingerprint density at radius 2 is 2.33 bits per heavy atom. The third kappa shape index (κ3) is 2.42. The van der Waals surface area contributed by atoms with E-state index in [-0.39, 0.29) is 5.97 Å². The first-order chi connectivity index (χ1) is 8.84. The van der Waals surface area contributed by atoms with Gasteiger partial charge in [-0.3, -0.25) is 0 Å². The molecule has 2 aliphatic rings. The van der Waals surface area contributed by atoms with E-state index in [1.807, 2.05) is 12.1 Å². The quantitative estimate of drug-likeness (QED) is 0.830. The standard InChI is InChI=1S/C14H17NO3/c16-14(18-8-6-10-4-5-10)11-2-1-3-12-13(11)17-9-7-15-12/h1-3,10,15H,4-9H2. The number of anilines is 1. The molecule has 1 heterocycles. The van der Waals surface area contributed by atoms with Gasteiger partial charge in [0, 0.05) is 6.54 Å². The van der Waals surface area contributed by atoms with Crippen LogP contribution in [0.25, 0.3) is 0 Å². The normalized spacial score (nSPS) is 17.3. The van der Waals surface area contributed by atoms with Crippen molar-refractivity contribution in [2.75, 3.05) is 25.1 Å². The molecule has 0 unspecified atom stereocenters. The van der Waals surface area contributed by atoms with E-state index in [1.165, 1.54) is 12.8 Å². The maximum Gasteiger partial charge on any atom is 0.342 e. The fourth-order valence-corrected chi connectivity index (χ4v) is 2.13. The molecule has 0 atom stereocenters. The highest BCUT2D eigenvalue weighted by Crippen LogP contribution is 2.33. The van der Waals surface area contributed by atoms with Crippen molar-refractivity contribution < 1.29 is 14.3 Å². The van der Waals surface area contributed by atoms with Gasteiger partial charge in [-0.15, -0.1) is 0 Å². The molecule has 1 aromatic rings. The molecule has 1 saturated carbocycles. The van der Waals surface area contributed by atoms with E-state index >= 15 is 0 Å². The second-order valence-corrected chi connectivity index (χ2v) is 4.83. The number of hydrogen-bond acceptors (Lipinski definition) is 4. The summed E-state index contributed by atoms with van der Waals surface area (Å²) < 4.78 is 10.9. The lowest BCUT2D eigenvalue weighted by Gasteiger charge is -2.21. The van der Waals surface area contributed by atoms with E-state index in [2.05, 4.69) is 5.32 Å². The Balaban J connectivity index is 1.68. The molecule has 96 valence electrons. The number of para-hydroxylation sites is 1. The minimum atomic E-state index is -0.281. The fraction of sp³-hybridized carbons (Fsp3) is 0.500. The van der Waals surface area contributed by atoms with Crippen LogP contribution in [0.2, 0.25) is 0 Å². The van der Waals surface area contributed by atoms with Crippen molar-refractivity contribution in [1.29, 1.82) is 0 Å². The Kier molecular flexibility index (Phi) is 3.09. The number of fused-ring (bicyclic) bond motifs is 1. The first kappa shape index (κ1) is 11.4. The largest absolute Gasteiger partial charge is 0.489 e. The van der Waals surface area contributed by atoms with Crippen molar-refractivity contribution in [3.8, 4) is 5.75 Å². The molecular weight excluding hydrogens is 230 g/mol. The average molecular weight is 247 g/mol. The highest BCUT2D eigenvalue weighted by atomic mass is 16.5. The van der Waals surface area contributed by atoms with E-state index in [0.29, 0.717) is 24.5 Å². The van der Waals surface area contributed by atoms with Crippen LogP contribution >= 0.6 is 0 Å². The van der Waals surface area contributed by atoms with Crippen molar-refractivity contribution in [3.63, 3.8) is 0 Å². The number of benzene rings is 1. The van der Waals surface area contributed by atoms with Crippen LogP contribution in [0.4, 0.5) is 5.69 Å². The summed E-state index contributed by atoms with van der Waals surface area (Å²) in [4.78, 5) is 12.0. The Bertz CT molecular complexity index is 454. The minimum Gasteiger partial charge on any atom is -0.489 e. The molecule has 0 bridgehead atoms. The van der Waals surface area contributed by atoms with Crippen molar-refractivity contribution in [2.45, 2.75) is 19.3 Å². The second-order valence-electron chi connectivity index (χ2n) is 4.83. The van der Waals surface area contributed by atoms with Crippen LogP contribution in [-0.2, 0) is 4.74 Å². The summed E-state index contributed by atoms with van der Waals surface area (Å²) in [5, 5.41) is 3.21. The van der Waals surface area contributed by atoms with Crippen molar-refractivity contribution >= 4 is 11.7 Å². The van der Waals surface area contributed by atoms with Crippen LogP contribution < -0.4 is 10.1 Å². The maximum absolute atomic E-state index is 12.0. The Labute approximate surface area is 106 Å². The Morgan fingerprint density at radius 3 is 3.17 bits per heavy atom. The van der Waals surface area contributed by atoms with E-state index < -0.39 is 0 Å². The third-order valence-corrected chi connectivity index (χ3v) is 3.36. The summed E-state index contributed by atoms with van der Waals surface area (Å²) in [5.74, 6) is 1.12. The number of nitrogens with one attached hydrogen (secondary N) is 1. The molecule has 4 nitrogen and oxygen atoms in total. The molecule has 1 aromatic carbocycles. The molecular formula is C14H17NO3. The van der Waals surface area contributed by atoms with Gasteiger partial charge < -0.3 is 14.8 Å². The van der Waals surface area contributed by atoms with Gasteiger partial charge in [-0.05, 0) is 24.5 Å². The van der Waals surface area contributed by atoms with Gasteiger partial charge in [0.2, 0.25) is 0 Å². The number of rotatable bonds is 4. The SMILES string of the molecule is O=C(OCCC1CC1)c1cccc2c1OCCN2. The van der Waals surface area contributed by atoms with E-state index in [0.717, 1.165) is 24.6 Å². The number of carbonyl (C=O) groups is 1. The molecule has 1 fully saturated rings. The van der Waals surface area contributed by atoms with E-state index in [1.54, 1.807) is 6.07 Å². The van der Waals surface area contributed by atoms with Gasteiger partial charge in [-0.1, -0.05) is 18.9 Å². The lowest BCUT2D eigenvalue weighted by molar-refractivity contribution is 0.0490. The van der Waals surface area contributed by atoms with Crippen molar-refractivity contribution in [2.24, 2.45) is 5.92 Å². The molecule has 0 spiro atoms. The maximum atomic E-state index is 12.0. The Hall–Kier alpha value is -1.71. The van der Waals surface area contributed by atoms with Gasteiger partial charge in [-0.2, -0.15) is 0 Å². The fourth-order valence-electron chi connectivity index (χ4n) is 2.13. The number of carbonyl (C=O) groups excluding carboxylic acids is 1. The second kappa shape index (κ2) is 4.88.